The van der Waals surface area contributed by atoms with Crippen LogP contribution in [0.25, 0.3) is 0 Å². The lowest BCUT2D eigenvalue weighted by Crippen LogP contribution is -2.39. The zero-order valence-electron chi connectivity index (χ0n) is 17.4. The summed E-state index contributed by atoms with van der Waals surface area (Å²) in [4.78, 5) is 3.97. The minimum atomic E-state index is -5.10. The number of alkyl halides is 6. The number of halogens is 8. The van der Waals surface area contributed by atoms with Crippen molar-refractivity contribution >= 4 is 21.6 Å². The van der Waals surface area contributed by atoms with E-state index < -0.39 is 51.5 Å². The smallest absolute Gasteiger partial charge is 0.258 e. The first kappa shape index (κ1) is 26.9. The second-order valence-corrected chi connectivity index (χ2v) is 9.72. The van der Waals surface area contributed by atoms with Crippen molar-refractivity contribution in [3.8, 4) is 0 Å². The van der Waals surface area contributed by atoms with Crippen molar-refractivity contribution in [3.05, 3.63) is 100 Å². The molecule has 0 aliphatic rings. The summed E-state index contributed by atoms with van der Waals surface area (Å²) in [6.07, 6.45) is -8.95. The highest BCUT2D eigenvalue weighted by molar-refractivity contribution is 7.89. The van der Waals surface area contributed by atoms with Gasteiger partial charge in [-0.15, -0.1) is 0 Å². The number of sulfonamides is 1. The first-order chi connectivity index (χ1) is 16.1. The van der Waals surface area contributed by atoms with E-state index in [0.29, 0.717) is 6.07 Å². The molecule has 0 aliphatic carbocycles. The van der Waals surface area contributed by atoms with E-state index in [1.165, 1.54) is 36.4 Å². The summed E-state index contributed by atoms with van der Waals surface area (Å²) < 4.78 is 120. The van der Waals surface area contributed by atoms with Crippen molar-refractivity contribution in [1.82, 2.24) is 9.71 Å². The quantitative estimate of drug-likeness (QED) is 0.361. The molecular weight excluding hydrogens is 525 g/mol. The van der Waals surface area contributed by atoms with Crippen LogP contribution in [0.2, 0.25) is 5.02 Å². The minimum absolute atomic E-state index is 0.118. The number of rotatable bonds is 7. The first-order valence-electron chi connectivity index (χ1n) is 9.75. The molecule has 1 N–H and O–H groups in total. The van der Waals surface area contributed by atoms with Crippen LogP contribution in [-0.2, 0) is 16.2 Å². The van der Waals surface area contributed by atoms with E-state index in [2.05, 4.69) is 4.98 Å². The third-order valence-corrected chi connectivity index (χ3v) is 6.37. The van der Waals surface area contributed by atoms with Gasteiger partial charge in [-0.1, -0.05) is 41.9 Å². The fourth-order valence-corrected chi connectivity index (χ4v) is 4.78. The van der Waals surface area contributed by atoms with E-state index in [4.69, 9.17) is 11.6 Å². The number of pyridine rings is 1. The largest absolute Gasteiger partial charge is 0.416 e. The Morgan fingerprint density at radius 1 is 0.914 bits per heavy atom. The molecule has 2 aromatic carbocycles. The lowest BCUT2D eigenvalue weighted by molar-refractivity contribution is -0.137. The van der Waals surface area contributed by atoms with Crippen LogP contribution in [0.5, 0.6) is 0 Å². The second kappa shape index (κ2) is 10.1. The van der Waals surface area contributed by atoms with Gasteiger partial charge in [0.1, 0.15) is 5.82 Å². The highest BCUT2D eigenvalue weighted by Crippen LogP contribution is 2.40. The second-order valence-electron chi connectivity index (χ2n) is 7.53. The molecule has 2 atom stereocenters. The lowest BCUT2D eigenvalue weighted by atomic mass is 9.83. The van der Waals surface area contributed by atoms with Crippen LogP contribution in [0, 0.1) is 5.82 Å². The Bertz CT molecular complexity index is 1270. The van der Waals surface area contributed by atoms with Gasteiger partial charge in [-0.3, -0.25) is 4.98 Å². The fraction of sp³-hybridized carbons (Fsp3) is 0.227. The predicted molar refractivity (Wildman–Crippen MR) is 115 cm³/mol. The molecule has 13 heteroatoms. The maximum atomic E-state index is 14.3. The van der Waals surface area contributed by atoms with Crippen LogP contribution < -0.4 is 4.72 Å². The molecule has 0 fully saturated rings. The molecule has 4 nitrogen and oxygen atoms in total. The van der Waals surface area contributed by atoms with Crippen LogP contribution in [0.4, 0.5) is 30.7 Å². The van der Waals surface area contributed by atoms with Crippen molar-refractivity contribution in [2.45, 2.75) is 24.3 Å². The van der Waals surface area contributed by atoms with Gasteiger partial charge >= 0.3 is 12.4 Å². The summed E-state index contributed by atoms with van der Waals surface area (Å²) in [5.74, 6) is -4.91. The molecule has 0 saturated carbocycles. The molecule has 35 heavy (non-hydrogen) atoms. The molecule has 0 bridgehead atoms. The summed E-state index contributed by atoms with van der Waals surface area (Å²) in [6, 6.07) is 9.86. The van der Waals surface area contributed by atoms with Crippen molar-refractivity contribution in [2.75, 3.05) is 5.75 Å². The predicted octanol–water partition coefficient (Wildman–Crippen LogP) is 6.25. The molecule has 1 unspecified atom stereocenters. The molecule has 3 aromatic rings. The summed E-state index contributed by atoms with van der Waals surface area (Å²) in [7, 11) is -5.07. The molecule has 0 radical (unpaired) electrons. The molecule has 1 heterocycles. The van der Waals surface area contributed by atoms with E-state index in [1.807, 2.05) is 4.72 Å². The third kappa shape index (κ3) is 7.39. The number of aromatic nitrogens is 1. The summed E-state index contributed by atoms with van der Waals surface area (Å²) in [5.41, 5.74) is -1.64. The molecule has 0 amide bonds. The van der Waals surface area contributed by atoms with Crippen LogP contribution in [0.3, 0.4) is 0 Å². The number of benzene rings is 2. The molecular formula is C22H16ClF7N2O2S. The van der Waals surface area contributed by atoms with E-state index in [0.717, 1.165) is 12.3 Å². The zero-order chi connectivity index (χ0) is 26.0. The number of hydrogen-bond acceptors (Lipinski definition) is 3. The van der Waals surface area contributed by atoms with Gasteiger partial charge in [-0.25, -0.2) is 17.5 Å². The van der Waals surface area contributed by atoms with E-state index >= 15 is 0 Å². The van der Waals surface area contributed by atoms with Crippen molar-refractivity contribution in [1.29, 1.82) is 0 Å². The maximum Gasteiger partial charge on any atom is 0.416 e. The van der Waals surface area contributed by atoms with Gasteiger partial charge in [0.2, 0.25) is 10.0 Å². The fourth-order valence-electron chi connectivity index (χ4n) is 3.51. The molecule has 188 valence electrons. The normalized spacial score (nSPS) is 14.5. The SMILES string of the molecule is O=S(=O)(CC(F)(F)F)N[C@H](c1ccc(Cl)cn1)C(c1ccccc1)c1cc(F)cc(C(F)(F)F)c1. The van der Waals surface area contributed by atoms with Gasteiger partial charge in [-0.2, -0.15) is 26.3 Å². The maximum absolute atomic E-state index is 14.3. The van der Waals surface area contributed by atoms with Crippen molar-refractivity contribution < 1.29 is 39.2 Å². The average Bonchev–Trinajstić information content (AvgIpc) is 2.72. The van der Waals surface area contributed by atoms with E-state index in [1.54, 1.807) is 6.07 Å². The standard InChI is InChI=1S/C22H16ClF7N2O2S/c23-16-6-7-18(31-11-16)20(32-35(33,34)12-21(25,26)27)19(13-4-2-1-3-5-13)14-8-15(22(28,29)30)10-17(24)9-14/h1-11,19-20,32H,12H2/t19?,20-/m1/s1. The van der Waals surface area contributed by atoms with Gasteiger partial charge in [-0.05, 0) is 41.5 Å². The Labute approximate surface area is 200 Å². The van der Waals surface area contributed by atoms with Crippen LogP contribution in [0.1, 0.15) is 34.3 Å². The molecule has 0 saturated heterocycles. The monoisotopic (exact) mass is 540 g/mol. The summed E-state index contributed by atoms with van der Waals surface area (Å²) in [5, 5.41) is 0.118. The Morgan fingerprint density at radius 3 is 2.11 bits per heavy atom. The highest BCUT2D eigenvalue weighted by atomic mass is 35.5. The van der Waals surface area contributed by atoms with Crippen molar-refractivity contribution in [2.24, 2.45) is 0 Å². The first-order valence-corrected chi connectivity index (χ1v) is 11.8. The van der Waals surface area contributed by atoms with Gasteiger partial charge < -0.3 is 0 Å². The molecule has 0 spiro atoms. The highest BCUT2D eigenvalue weighted by Gasteiger charge is 2.40. The number of hydrogen-bond donors (Lipinski definition) is 1. The van der Waals surface area contributed by atoms with E-state index in [-0.39, 0.29) is 27.9 Å². The van der Waals surface area contributed by atoms with Gasteiger partial charge in [0.05, 0.1) is 22.3 Å². The van der Waals surface area contributed by atoms with Crippen LogP contribution in [0.15, 0.2) is 66.9 Å². The van der Waals surface area contributed by atoms with Gasteiger partial charge in [0.25, 0.3) is 0 Å². The Kier molecular flexibility index (Phi) is 7.77. The molecule has 1 aromatic heterocycles. The van der Waals surface area contributed by atoms with Gasteiger partial charge in [0, 0.05) is 12.1 Å². The van der Waals surface area contributed by atoms with Gasteiger partial charge in [0.15, 0.2) is 5.75 Å². The third-order valence-electron chi connectivity index (χ3n) is 4.83. The van der Waals surface area contributed by atoms with Crippen molar-refractivity contribution in [3.63, 3.8) is 0 Å². The minimum Gasteiger partial charge on any atom is -0.258 e. The molecule has 0 aliphatic heterocycles. The molecule has 3 rings (SSSR count). The average molecular weight is 541 g/mol. The Hall–Kier alpha value is -2.70. The summed E-state index contributed by atoms with van der Waals surface area (Å²) >= 11 is 5.82. The number of nitrogens with zero attached hydrogens (tertiary/aromatic N) is 1. The van der Waals surface area contributed by atoms with E-state index in [9.17, 15) is 39.2 Å². The number of nitrogens with one attached hydrogen (secondary N) is 1. The zero-order valence-corrected chi connectivity index (χ0v) is 19.0. The van der Waals surface area contributed by atoms with Crippen LogP contribution in [-0.4, -0.2) is 25.3 Å². The lowest BCUT2D eigenvalue weighted by Gasteiger charge is -2.29. The summed E-state index contributed by atoms with van der Waals surface area (Å²) in [6.45, 7) is 0. The topological polar surface area (TPSA) is 59.1 Å². The Balaban J connectivity index is 2.25. The Morgan fingerprint density at radius 2 is 1.57 bits per heavy atom. The van der Waals surface area contributed by atoms with Crippen LogP contribution >= 0.6 is 11.6 Å².